The lowest BCUT2D eigenvalue weighted by atomic mass is 10.1. The second-order valence-corrected chi connectivity index (χ2v) is 6.28. The molecule has 1 atom stereocenters. The van der Waals surface area contributed by atoms with Crippen LogP contribution in [0.15, 0.2) is 48.7 Å². The van der Waals surface area contributed by atoms with E-state index in [1.807, 2.05) is 6.07 Å². The Morgan fingerprint density at radius 2 is 1.88 bits per heavy atom. The Bertz CT molecular complexity index is 740. The fourth-order valence-corrected chi connectivity index (χ4v) is 2.34. The lowest BCUT2D eigenvalue weighted by molar-refractivity contribution is -0.138. The van der Waals surface area contributed by atoms with Crippen molar-refractivity contribution in [2.24, 2.45) is 0 Å². The predicted octanol–water partition coefficient (Wildman–Crippen LogP) is 2.64. The van der Waals surface area contributed by atoms with Gasteiger partial charge in [-0.15, -0.1) is 0 Å². The van der Waals surface area contributed by atoms with E-state index in [1.54, 1.807) is 50.5 Å². The third-order valence-electron chi connectivity index (χ3n) is 3.92. The Kier molecular flexibility index (Phi) is 4.97. The molecule has 1 aliphatic carbocycles. The summed E-state index contributed by atoms with van der Waals surface area (Å²) in [7, 11) is 3.26. The molecule has 0 spiro atoms. The van der Waals surface area contributed by atoms with Crippen LogP contribution >= 0.6 is 0 Å². The second-order valence-electron chi connectivity index (χ2n) is 6.28. The van der Waals surface area contributed by atoms with E-state index in [2.05, 4.69) is 10.3 Å². The molecule has 2 aromatic rings. The van der Waals surface area contributed by atoms with Gasteiger partial charge in [-0.25, -0.2) is 9.78 Å². The van der Waals surface area contributed by atoms with E-state index in [0.29, 0.717) is 17.2 Å². The summed E-state index contributed by atoms with van der Waals surface area (Å²) in [6.07, 6.45) is 2.79. The van der Waals surface area contributed by atoms with Crippen molar-refractivity contribution < 1.29 is 14.3 Å². The number of anilines is 1. The number of ether oxygens (including phenoxy) is 1. The zero-order valence-electron chi connectivity index (χ0n) is 14.3. The van der Waals surface area contributed by atoms with Crippen LogP contribution in [0, 0.1) is 0 Å². The summed E-state index contributed by atoms with van der Waals surface area (Å²) in [5.41, 5.74) is 0.948. The van der Waals surface area contributed by atoms with Gasteiger partial charge in [-0.05, 0) is 25.0 Å². The van der Waals surface area contributed by atoms with Crippen molar-refractivity contribution in [1.29, 1.82) is 0 Å². The van der Waals surface area contributed by atoms with Gasteiger partial charge in [-0.1, -0.05) is 30.3 Å². The minimum Gasteiger partial charge on any atom is -0.444 e. The summed E-state index contributed by atoms with van der Waals surface area (Å²) in [6, 6.07) is 12.9. The van der Waals surface area contributed by atoms with Crippen LogP contribution in [-0.2, 0) is 9.53 Å². The number of amides is 1. The lowest BCUT2D eigenvalue weighted by Gasteiger charge is -2.21. The summed E-state index contributed by atoms with van der Waals surface area (Å²) in [4.78, 5) is 30.5. The number of pyridine rings is 1. The molecule has 0 saturated heterocycles. The van der Waals surface area contributed by atoms with E-state index < -0.39 is 12.1 Å². The van der Waals surface area contributed by atoms with Crippen LogP contribution in [-0.4, -0.2) is 41.9 Å². The van der Waals surface area contributed by atoms with E-state index in [0.717, 1.165) is 18.7 Å². The number of hydrogen-bond acceptors (Lipinski definition) is 5. The van der Waals surface area contributed by atoms with Gasteiger partial charge in [0.15, 0.2) is 0 Å². The van der Waals surface area contributed by atoms with Gasteiger partial charge < -0.3 is 15.0 Å². The van der Waals surface area contributed by atoms with Crippen molar-refractivity contribution in [3.8, 4) is 0 Å². The maximum atomic E-state index is 12.4. The molecule has 0 aliphatic heterocycles. The molecule has 130 valence electrons. The van der Waals surface area contributed by atoms with Gasteiger partial charge in [0, 0.05) is 31.9 Å². The molecule has 1 aliphatic rings. The standard InChI is InChI=1S/C19H21N3O3/c1-22(2)18(23)17(13-6-4-3-5-7-13)25-19(24)14-8-11-16(20-12-14)21-15-9-10-15/h3-8,11-12,15,17H,9-10H2,1-2H3,(H,20,21). The molecule has 0 radical (unpaired) electrons. The third kappa shape index (κ3) is 4.35. The third-order valence-corrected chi connectivity index (χ3v) is 3.92. The first-order chi connectivity index (χ1) is 12.0. The highest BCUT2D eigenvalue weighted by Gasteiger charge is 2.27. The van der Waals surface area contributed by atoms with Crippen molar-refractivity contribution in [2.75, 3.05) is 19.4 Å². The fourth-order valence-electron chi connectivity index (χ4n) is 2.34. The molecule has 6 heteroatoms. The molecule has 1 unspecified atom stereocenters. The van der Waals surface area contributed by atoms with Crippen molar-refractivity contribution in [2.45, 2.75) is 25.0 Å². The largest absolute Gasteiger partial charge is 0.444 e. The van der Waals surface area contributed by atoms with Crippen molar-refractivity contribution in [3.05, 3.63) is 59.8 Å². The number of nitrogens with one attached hydrogen (secondary N) is 1. The Balaban J connectivity index is 1.74. The normalized spacial score (nSPS) is 14.5. The molecule has 1 aromatic heterocycles. The fraction of sp³-hybridized carbons (Fsp3) is 0.316. The summed E-state index contributed by atoms with van der Waals surface area (Å²) < 4.78 is 5.49. The summed E-state index contributed by atoms with van der Waals surface area (Å²) in [6.45, 7) is 0. The first kappa shape index (κ1) is 17.0. The minimum atomic E-state index is -0.979. The van der Waals surface area contributed by atoms with Crippen molar-refractivity contribution >= 4 is 17.7 Å². The van der Waals surface area contributed by atoms with Crippen LogP contribution in [0.1, 0.15) is 34.9 Å². The SMILES string of the molecule is CN(C)C(=O)C(OC(=O)c1ccc(NC2CC2)nc1)c1ccccc1. The number of esters is 1. The van der Waals surface area contributed by atoms with Gasteiger partial charge >= 0.3 is 5.97 Å². The average molecular weight is 339 g/mol. The van der Waals surface area contributed by atoms with Gasteiger partial charge in [0.25, 0.3) is 5.91 Å². The number of hydrogen-bond donors (Lipinski definition) is 1. The second kappa shape index (κ2) is 7.34. The molecule has 3 rings (SSSR count). The van der Waals surface area contributed by atoms with Crippen LogP contribution in [0.3, 0.4) is 0 Å². The molecule has 1 N–H and O–H groups in total. The molecule has 0 bridgehead atoms. The Labute approximate surface area is 146 Å². The predicted molar refractivity (Wildman–Crippen MR) is 94.2 cm³/mol. The van der Waals surface area contributed by atoms with Crippen LogP contribution in [0.2, 0.25) is 0 Å². The summed E-state index contributed by atoms with van der Waals surface area (Å²) in [5, 5.41) is 3.26. The Morgan fingerprint density at radius 3 is 2.44 bits per heavy atom. The smallest absolute Gasteiger partial charge is 0.340 e. The van der Waals surface area contributed by atoms with Gasteiger partial charge in [0.1, 0.15) is 5.82 Å². The first-order valence-corrected chi connectivity index (χ1v) is 8.24. The maximum Gasteiger partial charge on any atom is 0.340 e. The van der Waals surface area contributed by atoms with Gasteiger partial charge in [0.05, 0.1) is 5.56 Å². The molecular weight excluding hydrogens is 318 g/mol. The monoisotopic (exact) mass is 339 g/mol. The lowest BCUT2D eigenvalue weighted by Crippen LogP contribution is -2.31. The van der Waals surface area contributed by atoms with Gasteiger partial charge in [0.2, 0.25) is 6.10 Å². The summed E-state index contributed by atoms with van der Waals surface area (Å²) >= 11 is 0. The quantitative estimate of drug-likeness (QED) is 0.819. The number of nitrogens with zero attached hydrogens (tertiary/aromatic N) is 2. The van der Waals surface area contributed by atoms with Gasteiger partial charge in [-0.3, -0.25) is 4.79 Å². The topological polar surface area (TPSA) is 71.5 Å². The van der Waals surface area contributed by atoms with Gasteiger partial charge in [-0.2, -0.15) is 0 Å². The zero-order chi connectivity index (χ0) is 17.8. The minimum absolute atomic E-state index is 0.292. The average Bonchev–Trinajstić information content (AvgIpc) is 3.44. The molecule has 1 fully saturated rings. The number of aromatic nitrogens is 1. The number of likely N-dealkylation sites (N-methyl/N-ethyl adjacent to an activating group) is 1. The highest BCUT2D eigenvalue weighted by Crippen LogP contribution is 2.24. The highest BCUT2D eigenvalue weighted by molar-refractivity contribution is 5.92. The molecule has 1 heterocycles. The molecule has 1 saturated carbocycles. The van der Waals surface area contributed by atoms with E-state index >= 15 is 0 Å². The van der Waals surface area contributed by atoms with E-state index in [4.69, 9.17) is 4.74 Å². The van der Waals surface area contributed by atoms with E-state index in [-0.39, 0.29) is 5.91 Å². The van der Waals surface area contributed by atoms with Crippen LogP contribution in [0.25, 0.3) is 0 Å². The molecule has 1 aromatic carbocycles. The zero-order valence-corrected chi connectivity index (χ0v) is 14.3. The molecule has 6 nitrogen and oxygen atoms in total. The maximum absolute atomic E-state index is 12.4. The molecular formula is C19H21N3O3. The number of benzene rings is 1. The number of rotatable bonds is 6. The highest BCUT2D eigenvalue weighted by atomic mass is 16.5. The van der Waals surface area contributed by atoms with Crippen LogP contribution in [0.4, 0.5) is 5.82 Å². The van der Waals surface area contributed by atoms with Crippen molar-refractivity contribution in [1.82, 2.24) is 9.88 Å². The number of carbonyl (C=O) groups excluding carboxylic acids is 2. The van der Waals surface area contributed by atoms with Crippen molar-refractivity contribution in [3.63, 3.8) is 0 Å². The van der Waals surface area contributed by atoms with Crippen LogP contribution < -0.4 is 5.32 Å². The number of carbonyl (C=O) groups is 2. The van der Waals surface area contributed by atoms with E-state index in [9.17, 15) is 9.59 Å². The Morgan fingerprint density at radius 1 is 1.16 bits per heavy atom. The first-order valence-electron chi connectivity index (χ1n) is 8.24. The van der Waals surface area contributed by atoms with Crippen LogP contribution in [0.5, 0.6) is 0 Å². The Hall–Kier alpha value is -2.89. The molecule has 1 amide bonds. The molecule has 25 heavy (non-hydrogen) atoms. The van der Waals surface area contributed by atoms with E-state index in [1.165, 1.54) is 11.1 Å². The summed E-state index contributed by atoms with van der Waals surface area (Å²) in [5.74, 6) is -0.128.